The summed E-state index contributed by atoms with van der Waals surface area (Å²) in [6.45, 7) is 1.75. The molecule has 28 heavy (non-hydrogen) atoms. The summed E-state index contributed by atoms with van der Waals surface area (Å²) in [5.74, 6) is -0.333. The van der Waals surface area contributed by atoms with E-state index in [-0.39, 0.29) is 11.5 Å². The predicted octanol–water partition coefficient (Wildman–Crippen LogP) is 4.99. The minimum Gasteiger partial charge on any atom is -0.302 e. The van der Waals surface area contributed by atoms with Gasteiger partial charge in [-0.1, -0.05) is 23.2 Å². The monoisotopic (exact) mass is 450 g/mol. The Morgan fingerprint density at radius 3 is 2.86 bits per heavy atom. The van der Waals surface area contributed by atoms with Crippen molar-refractivity contribution in [3.8, 4) is 11.3 Å². The number of rotatable bonds is 3. The van der Waals surface area contributed by atoms with E-state index in [1.807, 2.05) is 0 Å². The van der Waals surface area contributed by atoms with E-state index in [1.54, 1.807) is 37.6 Å². The standard InChI is InChI=1S/C18H12Cl2N4O2S2/c1-8-13-16(21-7-24(2)17(13)26)28-14(8)15(25)23-18-22-12(6-27-18)10-5-9(19)3-4-11(10)20/h3-7H,1-2H3,(H,22,23,25). The number of aromatic nitrogens is 3. The molecule has 0 bridgehead atoms. The van der Waals surface area contributed by atoms with Gasteiger partial charge in [0.05, 0.1) is 27.3 Å². The Hall–Kier alpha value is -2.26. The van der Waals surface area contributed by atoms with Crippen molar-refractivity contribution < 1.29 is 4.79 Å². The molecule has 0 aliphatic heterocycles. The Morgan fingerprint density at radius 1 is 1.29 bits per heavy atom. The molecule has 4 aromatic rings. The van der Waals surface area contributed by atoms with Gasteiger partial charge >= 0.3 is 0 Å². The second-order valence-electron chi connectivity index (χ2n) is 6.01. The van der Waals surface area contributed by atoms with Gasteiger partial charge in [0.2, 0.25) is 0 Å². The van der Waals surface area contributed by atoms with Crippen LogP contribution in [0.3, 0.4) is 0 Å². The third-order valence-electron chi connectivity index (χ3n) is 4.15. The van der Waals surface area contributed by atoms with E-state index in [1.165, 1.54) is 33.6 Å². The summed E-state index contributed by atoms with van der Waals surface area (Å²) in [7, 11) is 1.63. The fraction of sp³-hybridized carbons (Fsp3) is 0.111. The molecule has 3 heterocycles. The average Bonchev–Trinajstić information content (AvgIpc) is 3.25. The smallest absolute Gasteiger partial charge is 0.267 e. The molecular weight excluding hydrogens is 439 g/mol. The molecule has 0 spiro atoms. The van der Waals surface area contributed by atoms with Crippen LogP contribution in [0.2, 0.25) is 10.0 Å². The summed E-state index contributed by atoms with van der Waals surface area (Å²) >= 11 is 14.7. The SMILES string of the molecule is Cc1c(C(=O)Nc2nc(-c3cc(Cl)ccc3Cl)cs2)sc2ncn(C)c(=O)c12. The number of anilines is 1. The highest BCUT2D eigenvalue weighted by Crippen LogP contribution is 2.33. The second-order valence-corrected chi connectivity index (χ2v) is 8.71. The molecule has 1 N–H and O–H groups in total. The largest absolute Gasteiger partial charge is 0.302 e. The van der Waals surface area contributed by atoms with Gasteiger partial charge in [0.25, 0.3) is 11.5 Å². The van der Waals surface area contributed by atoms with Crippen LogP contribution in [0.4, 0.5) is 5.13 Å². The van der Waals surface area contributed by atoms with Crippen molar-refractivity contribution in [2.24, 2.45) is 7.05 Å². The van der Waals surface area contributed by atoms with Gasteiger partial charge in [0, 0.05) is 23.0 Å². The number of benzene rings is 1. The first kappa shape index (κ1) is 19.1. The minimum atomic E-state index is -0.333. The quantitative estimate of drug-likeness (QED) is 0.476. The average molecular weight is 451 g/mol. The number of thiophene rings is 1. The van der Waals surface area contributed by atoms with E-state index in [0.29, 0.717) is 47.1 Å². The molecule has 0 saturated heterocycles. The number of nitrogens with zero attached hydrogens (tertiary/aromatic N) is 3. The molecule has 0 radical (unpaired) electrons. The van der Waals surface area contributed by atoms with Crippen molar-refractivity contribution in [1.29, 1.82) is 0 Å². The van der Waals surface area contributed by atoms with E-state index in [9.17, 15) is 9.59 Å². The Labute approximate surface area is 177 Å². The second kappa shape index (κ2) is 7.29. The Bertz CT molecular complexity index is 1290. The first-order valence-electron chi connectivity index (χ1n) is 8.02. The molecule has 3 aromatic heterocycles. The molecule has 0 unspecified atom stereocenters. The lowest BCUT2D eigenvalue weighted by Gasteiger charge is -2.02. The highest BCUT2D eigenvalue weighted by molar-refractivity contribution is 7.21. The summed E-state index contributed by atoms with van der Waals surface area (Å²) in [5, 5.41) is 6.54. The zero-order valence-electron chi connectivity index (χ0n) is 14.6. The number of amides is 1. The summed E-state index contributed by atoms with van der Waals surface area (Å²) in [6, 6.07) is 5.12. The Balaban J connectivity index is 1.65. The summed E-state index contributed by atoms with van der Waals surface area (Å²) < 4.78 is 1.39. The molecule has 0 atom stereocenters. The van der Waals surface area contributed by atoms with E-state index in [4.69, 9.17) is 23.2 Å². The number of hydrogen-bond donors (Lipinski definition) is 1. The van der Waals surface area contributed by atoms with Crippen LogP contribution in [0, 0.1) is 6.92 Å². The first-order valence-corrected chi connectivity index (χ1v) is 10.5. The number of halogens is 2. The highest BCUT2D eigenvalue weighted by atomic mass is 35.5. The number of hydrogen-bond acceptors (Lipinski definition) is 6. The van der Waals surface area contributed by atoms with E-state index in [0.717, 1.165) is 0 Å². The van der Waals surface area contributed by atoms with Gasteiger partial charge in [0.1, 0.15) is 4.83 Å². The van der Waals surface area contributed by atoms with Crippen LogP contribution in [0.25, 0.3) is 21.5 Å². The highest BCUT2D eigenvalue weighted by Gasteiger charge is 2.20. The third kappa shape index (κ3) is 3.33. The molecule has 0 saturated carbocycles. The van der Waals surface area contributed by atoms with Crippen molar-refractivity contribution >= 4 is 67.1 Å². The maximum absolute atomic E-state index is 12.7. The van der Waals surface area contributed by atoms with E-state index >= 15 is 0 Å². The van der Waals surface area contributed by atoms with Gasteiger partial charge < -0.3 is 4.57 Å². The minimum absolute atomic E-state index is 0.176. The van der Waals surface area contributed by atoms with Crippen molar-refractivity contribution in [1.82, 2.24) is 14.5 Å². The van der Waals surface area contributed by atoms with Gasteiger partial charge in [-0.15, -0.1) is 22.7 Å². The molecule has 0 fully saturated rings. The van der Waals surface area contributed by atoms with Crippen molar-refractivity contribution in [2.45, 2.75) is 6.92 Å². The molecule has 0 aliphatic carbocycles. The molecule has 1 amide bonds. The van der Waals surface area contributed by atoms with Crippen LogP contribution in [0.1, 0.15) is 15.2 Å². The molecule has 6 nitrogen and oxygen atoms in total. The summed E-state index contributed by atoms with van der Waals surface area (Å²) in [6.07, 6.45) is 1.45. The fourth-order valence-corrected chi connectivity index (χ4v) is 4.85. The Morgan fingerprint density at radius 2 is 2.07 bits per heavy atom. The summed E-state index contributed by atoms with van der Waals surface area (Å²) in [4.78, 5) is 34.7. The van der Waals surface area contributed by atoms with Crippen molar-refractivity contribution in [3.63, 3.8) is 0 Å². The zero-order chi connectivity index (χ0) is 20.0. The van der Waals surface area contributed by atoms with Gasteiger partial charge in [-0.25, -0.2) is 9.97 Å². The number of carbonyl (C=O) groups excluding carboxylic acids is 1. The van der Waals surface area contributed by atoms with E-state index < -0.39 is 0 Å². The van der Waals surface area contributed by atoms with Crippen LogP contribution in [-0.2, 0) is 7.05 Å². The van der Waals surface area contributed by atoms with Crippen LogP contribution >= 0.6 is 45.9 Å². The molecular formula is C18H12Cl2N4O2S2. The molecule has 142 valence electrons. The molecule has 4 rings (SSSR count). The van der Waals surface area contributed by atoms with Crippen LogP contribution in [0.5, 0.6) is 0 Å². The van der Waals surface area contributed by atoms with Gasteiger partial charge in [0.15, 0.2) is 5.13 Å². The van der Waals surface area contributed by atoms with Crippen molar-refractivity contribution in [2.75, 3.05) is 5.32 Å². The number of fused-ring (bicyclic) bond motifs is 1. The zero-order valence-corrected chi connectivity index (χ0v) is 17.8. The maximum atomic E-state index is 12.7. The van der Waals surface area contributed by atoms with Gasteiger partial charge in [-0.05, 0) is 30.7 Å². The van der Waals surface area contributed by atoms with E-state index in [2.05, 4.69) is 15.3 Å². The number of nitrogens with one attached hydrogen (secondary N) is 1. The lowest BCUT2D eigenvalue weighted by molar-refractivity contribution is 0.103. The number of thiazole rings is 1. The van der Waals surface area contributed by atoms with Crippen LogP contribution < -0.4 is 10.9 Å². The topological polar surface area (TPSA) is 76.9 Å². The lowest BCUT2D eigenvalue weighted by Crippen LogP contribution is -2.17. The molecule has 0 aliphatic rings. The normalized spacial score (nSPS) is 11.1. The third-order valence-corrected chi connectivity index (χ3v) is 6.67. The molecule has 10 heteroatoms. The maximum Gasteiger partial charge on any atom is 0.267 e. The van der Waals surface area contributed by atoms with Crippen LogP contribution in [-0.4, -0.2) is 20.4 Å². The fourth-order valence-electron chi connectivity index (χ4n) is 2.73. The number of carbonyl (C=O) groups is 1. The Kier molecular flexibility index (Phi) is 4.96. The lowest BCUT2D eigenvalue weighted by atomic mass is 10.2. The van der Waals surface area contributed by atoms with Crippen LogP contribution in [0.15, 0.2) is 34.7 Å². The predicted molar refractivity (Wildman–Crippen MR) is 115 cm³/mol. The summed E-state index contributed by atoms with van der Waals surface area (Å²) in [5.41, 5.74) is 1.75. The molecule has 1 aromatic carbocycles. The van der Waals surface area contributed by atoms with Gasteiger partial charge in [-0.2, -0.15) is 0 Å². The first-order chi connectivity index (χ1) is 13.3. The van der Waals surface area contributed by atoms with Crippen molar-refractivity contribution in [3.05, 3.63) is 60.7 Å². The number of aryl methyl sites for hydroxylation is 2. The van der Waals surface area contributed by atoms with Gasteiger partial charge in [-0.3, -0.25) is 14.9 Å².